The highest BCUT2D eigenvalue weighted by Gasteiger charge is 2.24. The lowest BCUT2D eigenvalue weighted by atomic mass is 10.4. The first kappa shape index (κ1) is 11.2. The Bertz CT molecular complexity index is 398. The number of aromatic nitrogens is 2. The van der Waals surface area contributed by atoms with Gasteiger partial charge in [0.05, 0.1) is 12.8 Å². The van der Waals surface area contributed by atoms with Gasteiger partial charge in [-0.3, -0.25) is 5.10 Å². The zero-order chi connectivity index (χ0) is 10.8. The van der Waals surface area contributed by atoms with E-state index in [1.165, 1.54) is 17.5 Å². The second-order valence-corrected chi connectivity index (χ2v) is 4.78. The van der Waals surface area contributed by atoms with Crippen molar-refractivity contribution in [2.24, 2.45) is 0 Å². The monoisotopic (exact) mass is 219 g/mol. The Balaban J connectivity index is 3.16. The number of nitrogens with one attached hydrogen (secondary N) is 1. The minimum Gasteiger partial charge on any atom is -0.392 e. The Hall–Kier alpha value is -0.920. The summed E-state index contributed by atoms with van der Waals surface area (Å²) in [5.41, 5.74) is 0.283. The summed E-state index contributed by atoms with van der Waals surface area (Å²) >= 11 is 0. The van der Waals surface area contributed by atoms with Gasteiger partial charge in [-0.05, 0) is 0 Å². The molecule has 0 bridgehead atoms. The summed E-state index contributed by atoms with van der Waals surface area (Å²) in [5.74, 6) is 0. The molecule has 14 heavy (non-hydrogen) atoms. The molecule has 0 radical (unpaired) electrons. The quantitative estimate of drug-likeness (QED) is 0.717. The molecule has 1 rings (SSSR count). The summed E-state index contributed by atoms with van der Waals surface area (Å²) < 4.78 is 24.7. The molecule has 0 aromatic carbocycles. The Labute approximate surface area is 82.6 Å². The van der Waals surface area contributed by atoms with E-state index in [1.54, 1.807) is 6.92 Å². The fourth-order valence-corrected chi connectivity index (χ4v) is 2.23. The van der Waals surface area contributed by atoms with Gasteiger partial charge in [0.15, 0.2) is 5.03 Å². The fourth-order valence-electron chi connectivity index (χ4n) is 0.961. The lowest BCUT2D eigenvalue weighted by molar-refractivity contribution is 0.278. The topological polar surface area (TPSA) is 86.3 Å². The van der Waals surface area contributed by atoms with Crippen molar-refractivity contribution in [3.63, 3.8) is 0 Å². The molecule has 0 aliphatic carbocycles. The SMILES string of the molecule is CCN(C)S(=O)(=O)c1[nH]ncc1CO. The molecule has 7 heteroatoms. The Morgan fingerprint density at radius 3 is 2.79 bits per heavy atom. The molecule has 0 unspecified atom stereocenters. The first-order chi connectivity index (χ1) is 6.54. The van der Waals surface area contributed by atoms with Crippen LogP contribution in [0.2, 0.25) is 0 Å². The second-order valence-electron chi connectivity index (χ2n) is 2.80. The number of rotatable bonds is 4. The van der Waals surface area contributed by atoms with Crippen molar-refractivity contribution in [3.8, 4) is 0 Å². The Morgan fingerprint density at radius 2 is 2.29 bits per heavy atom. The maximum atomic E-state index is 11.7. The average molecular weight is 219 g/mol. The van der Waals surface area contributed by atoms with Crippen molar-refractivity contribution < 1.29 is 13.5 Å². The van der Waals surface area contributed by atoms with Crippen LogP contribution in [0.1, 0.15) is 12.5 Å². The Kier molecular flexibility index (Phi) is 3.25. The van der Waals surface area contributed by atoms with Gasteiger partial charge in [0.2, 0.25) is 0 Å². The van der Waals surface area contributed by atoms with E-state index in [-0.39, 0.29) is 17.2 Å². The summed E-state index contributed by atoms with van der Waals surface area (Å²) in [6.45, 7) is 1.75. The minimum absolute atomic E-state index is 0.0376. The van der Waals surface area contributed by atoms with Crippen LogP contribution in [0.25, 0.3) is 0 Å². The summed E-state index contributed by atoms with van der Waals surface area (Å²) in [4.78, 5) is 0. The van der Waals surface area contributed by atoms with E-state index in [1.807, 2.05) is 0 Å². The molecule has 2 N–H and O–H groups in total. The number of aliphatic hydroxyl groups excluding tert-OH is 1. The number of hydrogen-bond donors (Lipinski definition) is 2. The van der Waals surface area contributed by atoms with Gasteiger partial charge >= 0.3 is 0 Å². The number of H-pyrrole nitrogens is 1. The van der Waals surface area contributed by atoms with Crippen LogP contribution in [-0.4, -0.2) is 41.6 Å². The van der Waals surface area contributed by atoms with Crippen LogP contribution in [0, 0.1) is 0 Å². The predicted molar refractivity (Wildman–Crippen MR) is 50.0 cm³/mol. The summed E-state index contributed by atoms with van der Waals surface area (Å²) in [6.07, 6.45) is 1.30. The van der Waals surface area contributed by atoms with E-state index in [2.05, 4.69) is 10.2 Å². The lowest BCUT2D eigenvalue weighted by Crippen LogP contribution is -2.27. The average Bonchev–Trinajstić information content (AvgIpc) is 2.64. The largest absolute Gasteiger partial charge is 0.392 e. The molecule has 0 saturated heterocycles. The molecule has 1 aromatic heterocycles. The fraction of sp³-hybridized carbons (Fsp3) is 0.571. The van der Waals surface area contributed by atoms with Crippen molar-refractivity contribution in [2.45, 2.75) is 18.6 Å². The van der Waals surface area contributed by atoms with Gasteiger partial charge in [0.25, 0.3) is 10.0 Å². The first-order valence-corrected chi connectivity index (χ1v) is 5.57. The summed E-state index contributed by atoms with van der Waals surface area (Å²) in [7, 11) is -2.06. The number of aromatic amines is 1. The van der Waals surface area contributed by atoms with E-state index >= 15 is 0 Å². The minimum atomic E-state index is -3.53. The molecule has 1 heterocycles. The molecule has 0 aliphatic rings. The van der Waals surface area contributed by atoms with E-state index < -0.39 is 10.0 Å². The molecular weight excluding hydrogens is 206 g/mol. The van der Waals surface area contributed by atoms with Gasteiger partial charge < -0.3 is 5.11 Å². The number of aliphatic hydroxyl groups is 1. The van der Waals surface area contributed by atoms with Crippen molar-refractivity contribution in [1.82, 2.24) is 14.5 Å². The molecule has 0 fully saturated rings. The predicted octanol–water partition coefficient (Wildman–Crippen LogP) is -0.458. The highest BCUT2D eigenvalue weighted by Crippen LogP contribution is 2.15. The standard InChI is InChI=1S/C7H13N3O3S/c1-3-10(2)14(12,13)7-6(5-11)4-8-9-7/h4,11H,3,5H2,1-2H3,(H,8,9). The highest BCUT2D eigenvalue weighted by atomic mass is 32.2. The first-order valence-electron chi connectivity index (χ1n) is 4.13. The van der Waals surface area contributed by atoms with Crippen LogP contribution < -0.4 is 0 Å². The molecule has 0 atom stereocenters. The van der Waals surface area contributed by atoms with Gasteiger partial charge in [-0.2, -0.15) is 9.40 Å². The van der Waals surface area contributed by atoms with Crippen LogP contribution >= 0.6 is 0 Å². The second kappa shape index (κ2) is 4.07. The third-order valence-electron chi connectivity index (χ3n) is 1.96. The molecule has 1 aromatic rings. The third kappa shape index (κ3) is 1.79. The summed E-state index contributed by atoms with van der Waals surface area (Å²) in [5, 5.41) is 14.8. The maximum absolute atomic E-state index is 11.7. The van der Waals surface area contributed by atoms with E-state index in [9.17, 15) is 8.42 Å². The third-order valence-corrected chi connectivity index (χ3v) is 3.91. The van der Waals surface area contributed by atoms with Crippen molar-refractivity contribution in [1.29, 1.82) is 0 Å². The molecule has 0 spiro atoms. The Morgan fingerprint density at radius 1 is 1.64 bits per heavy atom. The van der Waals surface area contributed by atoms with Crippen molar-refractivity contribution >= 4 is 10.0 Å². The highest BCUT2D eigenvalue weighted by molar-refractivity contribution is 7.89. The molecule has 80 valence electrons. The molecule has 0 amide bonds. The maximum Gasteiger partial charge on any atom is 0.260 e. The van der Waals surface area contributed by atoms with Gasteiger partial charge in [-0.25, -0.2) is 8.42 Å². The number of sulfonamides is 1. The smallest absolute Gasteiger partial charge is 0.260 e. The lowest BCUT2D eigenvalue weighted by Gasteiger charge is -2.13. The van der Waals surface area contributed by atoms with Crippen LogP contribution in [0.4, 0.5) is 0 Å². The van der Waals surface area contributed by atoms with Crippen LogP contribution in [0.3, 0.4) is 0 Å². The zero-order valence-corrected chi connectivity index (χ0v) is 8.87. The van der Waals surface area contributed by atoms with E-state index in [0.717, 1.165) is 0 Å². The molecule has 0 saturated carbocycles. The molecular formula is C7H13N3O3S. The molecule has 0 aliphatic heterocycles. The van der Waals surface area contributed by atoms with E-state index in [4.69, 9.17) is 5.11 Å². The van der Waals surface area contributed by atoms with E-state index in [0.29, 0.717) is 6.54 Å². The van der Waals surface area contributed by atoms with Crippen LogP contribution in [0.15, 0.2) is 11.2 Å². The number of hydrogen-bond acceptors (Lipinski definition) is 4. The molecule has 6 nitrogen and oxygen atoms in total. The van der Waals surface area contributed by atoms with Gasteiger partial charge in [-0.1, -0.05) is 6.92 Å². The van der Waals surface area contributed by atoms with Crippen molar-refractivity contribution in [2.75, 3.05) is 13.6 Å². The number of nitrogens with zero attached hydrogens (tertiary/aromatic N) is 2. The van der Waals surface area contributed by atoms with Gasteiger partial charge in [0, 0.05) is 19.2 Å². The van der Waals surface area contributed by atoms with Crippen LogP contribution in [-0.2, 0) is 16.6 Å². The normalized spacial score (nSPS) is 12.3. The zero-order valence-electron chi connectivity index (χ0n) is 8.06. The van der Waals surface area contributed by atoms with Crippen molar-refractivity contribution in [3.05, 3.63) is 11.8 Å². The van der Waals surface area contributed by atoms with Gasteiger partial charge in [0.1, 0.15) is 0 Å². The summed E-state index contributed by atoms with van der Waals surface area (Å²) in [6, 6.07) is 0. The van der Waals surface area contributed by atoms with Gasteiger partial charge in [-0.15, -0.1) is 0 Å². The van der Waals surface area contributed by atoms with Crippen LogP contribution in [0.5, 0.6) is 0 Å².